The van der Waals surface area contributed by atoms with Crippen LogP contribution >= 0.6 is 23.2 Å². The summed E-state index contributed by atoms with van der Waals surface area (Å²) in [7, 11) is 0. The summed E-state index contributed by atoms with van der Waals surface area (Å²) in [5.74, 6) is 0.0883. The van der Waals surface area contributed by atoms with E-state index in [2.05, 4.69) is 5.32 Å². The first-order chi connectivity index (χ1) is 10.1. The van der Waals surface area contributed by atoms with E-state index in [1.54, 1.807) is 12.1 Å². The van der Waals surface area contributed by atoms with Crippen molar-refractivity contribution >= 4 is 29.1 Å². The van der Waals surface area contributed by atoms with E-state index in [1.165, 1.54) is 30.6 Å². The first-order valence-electron chi connectivity index (χ1n) is 7.64. The number of carbonyl (C=O) groups excluding carboxylic acids is 1. The Labute approximate surface area is 136 Å². The predicted molar refractivity (Wildman–Crippen MR) is 87.1 cm³/mol. The fourth-order valence-electron chi connectivity index (χ4n) is 2.86. The number of hydrogen-bond acceptors (Lipinski definition) is 1. The molecule has 0 aromatic heterocycles. The third-order valence-electron chi connectivity index (χ3n) is 4.03. The fourth-order valence-corrected chi connectivity index (χ4v) is 3.43. The van der Waals surface area contributed by atoms with Crippen LogP contribution < -0.4 is 10.2 Å². The number of carbonyl (C=O) groups is 1. The number of nitrogens with one attached hydrogen (secondary N) is 2. The van der Waals surface area contributed by atoms with Gasteiger partial charge in [-0.25, -0.2) is 0 Å². The van der Waals surface area contributed by atoms with Gasteiger partial charge in [-0.1, -0.05) is 29.3 Å². The van der Waals surface area contributed by atoms with Gasteiger partial charge in [-0.15, -0.1) is 0 Å². The van der Waals surface area contributed by atoms with Gasteiger partial charge in [0.15, 0.2) is 6.54 Å². The van der Waals surface area contributed by atoms with Crippen LogP contribution in [0, 0.1) is 0 Å². The highest BCUT2D eigenvalue weighted by Gasteiger charge is 2.19. The van der Waals surface area contributed by atoms with Gasteiger partial charge >= 0.3 is 0 Å². The third kappa shape index (κ3) is 5.17. The summed E-state index contributed by atoms with van der Waals surface area (Å²) in [6.07, 6.45) is 5.03. The fraction of sp³-hybridized carbons (Fsp3) is 0.562. The zero-order valence-electron chi connectivity index (χ0n) is 12.4. The van der Waals surface area contributed by atoms with E-state index in [-0.39, 0.29) is 11.9 Å². The van der Waals surface area contributed by atoms with Crippen molar-refractivity contribution in [2.45, 2.75) is 38.6 Å². The summed E-state index contributed by atoms with van der Waals surface area (Å²) < 4.78 is 0. The highest BCUT2D eigenvalue weighted by molar-refractivity contribution is 6.35. The monoisotopic (exact) mass is 329 g/mol. The van der Waals surface area contributed by atoms with Gasteiger partial charge in [-0.2, -0.15) is 0 Å². The maximum Gasteiger partial charge on any atom is 0.275 e. The number of benzene rings is 1. The van der Waals surface area contributed by atoms with Crippen LogP contribution in [0.5, 0.6) is 0 Å². The lowest BCUT2D eigenvalue weighted by Crippen LogP contribution is -3.13. The molecule has 1 aliphatic rings. The van der Waals surface area contributed by atoms with E-state index >= 15 is 0 Å². The van der Waals surface area contributed by atoms with Crippen LogP contribution in [-0.2, 0) is 4.79 Å². The second-order valence-electron chi connectivity index (χ2n) is 5.80. The molecule has 1 amide bonds. The van der Waals surface area contributed by atoms with Gasteiger partial charge in [-0.05, 0) is 50.3 Å². The number of quaternary nitrogens is 1. The summed E-state index contributed by atoms with van der Waals surface area (Å²) in [4.78, 5) is 13.6. The average molecular weight is 330 g/mol. The zero-order valence-corrected chi connectivity index (χ0v) is 13.9. The molecule has 0 spiro atoms. The topological polar surface area (TPSA) is 33.5 Å². The maximum atomic E-state index is 12.2. The first-order valence-corrected chi connectivity index (χ1v) is 8.39. The van der Waals surface area contributed by atoms with Crippen molar-refractivity contribution in [3.8, 4) is 0 Å². The average Bonchev–Trinajstić information content (AvgIpc) is 2.66. The molecule has 1 aromatic carbocycles. The Morgan fingerprint density at radius 2 is 1.90 bits per heavy atom. The predicted octanol–water partition coefficient (Wildman–Crippen LogP) is 2.63. The van der Waals surface area contributed by atoms with Gasteiger partial charge < -0.3 is 10.2 Å². The molecule has 21 heavy (non-hydrogen) atoms. The highest BCUT2D eigenvalue weighted by Crippen LogP contribution is 2.25. The smallest absolute Gasteiger partial charge is 0.275 e. The molecule has 1 atom stereocenters. The third-order valence-corrected chi connectivity index (χ3v) is 4.59. The molecular formula is C16H23Cl2N2O+. The Morgan fingerprint density at radius 1 is 1.24 bits per heavy atom. The molecule has 1 aromatic rings. The summed E-state index contributed by atoms with van der Waals surface area (Å²) >= 11 is 12.1. The molecule has 0 unspecified atom stereocenters. The van der Waals surface area contributed by atoms with Crippen molar-refractivity contribution in [1.29, 1.82) is 0 Å². The van der Waals surface area contributed by atoms with Gasteiger partial charge in [0.05, 0.1) is 19.1 Å². The Hall–Kier alpha value is -0.770. The van der Waals surface area contributed by atoms with Gasteiger partial charge in [0, 0.05) is 10.0 Å². The Kier molecular flexibility index (Phi) is 6.34. The molecule has 0 saturated carbocycles. The van der Waals surface area contributed by atoms with Crippen molar-refractivity contribution in [1.82, 2.24) is 5.32 Å². The van der Waals surface area contributed by atoms with Crippen molar-refractivity contribution in [3.63, 3.8) is 0 Å². The van der Waals surface area contributed by atoms with Crippen LogP contribution in [0.25, 0.3) is 0 Å². The molecule has 1 saturated heterocycles. The summed E-state index contributed by atoms with van der Waals surface area (Å²) in [6, 6.07) is 5.27. The van der Waals surface area contributed by atoms with Crippen LogP contribution in [0.1, 0.15) is 44.2 Å². The number of likely N-dealkylation sites (tertiary alicyclic amines) is 1. The largest absolute Gasteiger partial charge is 0.345 e. The number of halogens is 2. The lowest BCUT2D eigenvalue weighted by Gasteiger charge is -2.19. The Bertz CT molecular complexity index is 485. The van der Waals surface area contributed by atoms with Crippen LogP contribution in [0.3, 0.4) is 0 Å². The minimum absolute atomic E-state index is 0.0883. The van der Waals surface area contributed by atoms with Gasteiger partial charge in [-0.3, -0.25) is 4.79 Å². The van der Waals surface area contributed by atoms with Crippen molar-refractivity contribution in [2.24, 2.45) is 0 Å². The van der Waals surface area contributed by atoms with Crippen molar-refractivity contribution in [2.75, 3.05) is 19.6 Å². The molecule has 1 fully saturated rings. The van der Waals surface area contributed by atoms with Crippen LogP contribution in [-0.4, -0.2) is 25.5 Å². The molecule has 5 heteroatoms. The van der Waals surface area contributed by atoms with E-state index in [9.17, 15) is 4.79 Å². The lowest BCUT2D eigenvalue weighted by atomic mass is 10.1. The van der Waals surface area contributed by atoms with E-state index in [4.69, 9.17) is 23.2 Å². The Balaban J connectivity index is 1.89. The molecule has 1 aliphatic heterocycles. The lowest BCUT2D eigenvalue weighted by molar-refractivity contribution is -0.891. The van der Waals surface area contributed by atoms with Crippen molar-refractivity contribution in [3.05, 3.63) is 33.8 Å². The molecular weight excluding hydrogens is 307 g/mol. The molecule has 2 N–H and O–H groups in total. The summed E-state index contributed by atoms with van der Waals surface area (Å²) in [5.41, 5.74) is 0.903. The minimum atomic E-state index is -0.103. The maximum absolute atomic E-state index is 12.2. The molecule has 116 valence electrons. The standard InChI is InChI=1S/C16H22Cl2N2O/c1-12(14-7-6-13(17)10-15(14)18)19-16(21)11-20-8-4-2-3-5-9-20/h6-7,10,12H,2-5,8-9,11H2,1H3,(H,19,21)/p+1/t12-/m0/s1. The summed E-state index contributed by atoms with van der Waals surface area (Å²) in [6.45, 7) is 4.70. The number of rotatable bonds is 4. The Morgan fingerprint density at radius 3 is 2.52 bits per heavy atom. The summed E-state index contributed by atoms with van der Waals surface area (Å²) in [5, 5.41) is 4.24. The minimum Gasteiger partial charge on any atom is -0.345 e. The second-order valence-corrected chi connectivity index (χ2v) is 6.64. The number of hydrogen-bond donors (Lipinski definition) is 2. The molecule has 0 bridgehead atoms. The molecule has 1 heterocycles. The van der Waals surface area contributed by atoms with Crippen LogP contribution in [0.4, 0.5) is 0 Å². The van der Waals surface area contributed by atoms with E-state index < -0.39 is 0 Å². The molecule has 0 aliphatic carbocycles. The van der Waals surface area contributed by atoms with Crippen molar-refractivity contribution < 1.29 is 9.69 Å². The van der Waals surface area contributed by atoms with E-state index in [0.29, 0.717) is 16.6 Å². The second kappa shape index (κ2) is 8.02. The van der Waals surface area contributed by atoms with E-state index in [1.807, 2.05) is 13.0 Å². The molecule has 3 nitrogen and oxygen atoms in total. The molecule has 2 rings (SSSR count). The van der Waals surface area contributed by atoms with E-state index in [0.717, 1.165) is 18.7 Å². The number of amides is 1. The quantitative estimate of drug-likeness (QED) is 0.874. The van der Waals surface area contributed by atoms with Gasteiger partial charge in [0.1, 0.15) is 0 Å². The van der Waals surface area contributed by atoms with Crippen LogP contribution in [0.2, 0.25) is 10.0 Å². The SMILES string of the molecule is C[C@H](NC(=O)C[NH+]1CCCCCC1)c1ccc(Cl)cc1Cl. The van der Waals surface area contributed by atoms with Crippen LogP contribution in [0.15, 0.2) is 18.2 Å². The van der Waals surface area contributed by atoms with Gasteiger partial charge in [0.25, 0.3) is 5.91 Å². The highest BCUT2D eigenvalue weighted by atomic mass is 35.5. The first kappa shape index (κ1) is 16.6. The van der Waals surface area contributed by atoms with Gasteiger partial charge in [0.2, 0.25) is 0 Å². The normalized spacial score (nSPS) is 18.0. The zero-order chi connectivity index (χ0) is 15.2. The molecule has 0 radical (unpaired) electrons.